The molecular weight excluding hydrogens is 536 g/mol. The number of allylic oxidation sites excluding steroid dienone is 7. The van der Waals surface area contributed by atoms with E-state index >= 15 is 0 Å². The molecule has 1 aromatic carbocycles. The summed E-state index contributed by atoms with van der Waals surface area (Å²) >= 11 is 0. The van der Waals surface area contributed by atoms with E-state index in [9.17, 15) is 14.7 Å². The first-order valence-corrected chi connectivity index (χ1v) is 14.2. The maximum atomic E-state index is 13.6. The zero-order chi connectivity index (χ0) is 30.7. The lowest BCUT2D eigenvalue weighted by Gasteiger charge is -2.40. The third-order valence-corrected chi connectivity index (χ3v) is 8.26. The Morgan fingerprint density at radius 3 is 2.69 bits per heavy atom. The molecule has 3 aliphatic heterocycles. The number of amides is 2. The van der Waals surface area contributed by atoms with E-state index in [2.05, 4.69) is 18.5 Å². The fraction of sp³-hybridized carbons (Fsp3) is 0.455. The lowest BCUT2D eigenvalue weighted by molar-refractivity contribution is -0.135. The Kier molecular flexibility index (Phi) is 9.45. The van der Waals surface area contributed by atoms with Gasteiger partial charge in [0.25, 0.3) is 0 Å². The summed E-state index contributed by atoms with van der Waals surface area (Å²) in [6.45, 7) is 11.7. The molecule has 9 heteroatoms. The molecule has 2 amide bonds. The van der Waals surface area contributed by atoms with E-state index in [1.807, 2.05) is 38.1 Å². The highest BCUT2D eigenvalue weighted by Crippen LogP contribution is 2.45. The van der Waals surface area contributed by atoms with Gasteiger partial charge in [-0.05, 0) is 50.0 Å². The van der Waals surface area contributed by atoms with E-state index in [4.69, 9.17) is 18.9 Å². The highest BCUT2D eigenvalue weighted by molar-refractivity contribution is 5.98. The number of rotatable bonds is 5. The molecule has 4 bridgehead atoms. The van der Waals surface area contributed by atoms with Crippen LogP contribution in [-0.4, -0.2) is 68.0 Å². The monoisotopic (exact) mass is 578 g/mol. The number of ether oxygens (including phenoxy) is 4. The van der Waals surface area contributed by atoms with Crippen LogP contribution >= 0.6 is 0 Å². The molecule has 1 aromatic rings. The van der Waals surface area contributed by atoms with Gasteiger partial charge < -0.3 is 29.0 Å². The number of methoxy groups -OCH3 is 2. The van der Waals surface area contributed by atoms with E-state index in [1.165, 1.54) is 7.11 Å². The van der Waals surface area contributed by atoms with Gasteiger partial charge in [0.15, 0.2) is 5.72 Å². The van der Waals surface area contributed by atoms with Crippen LogP contribution in [0.3, 0.4) is 0 Å². The first-order valence-electron chi connectivity index (χ1n) is 14.2. The van der Waals surface area contributed by atoms with E-state index in [1.54, 1.807) is 43.4 Å². The molecule has 226 valence electrons. The summed E-state index contributed by atoms with van der Waals surface area (Å²) in [6, 6.07) is 3.96. The first-order chi connectivity index (χ1) is 20.0. The van der Waals surface area contributed by atoms with Gasteiger partial charge in [0, 0.05) is 39.0 Å². The predicted molar refractivity (Wildman–Crippen MR) is 162 cm³/mol. The minimum Gasteiger partial charge on any atom is -0.496 e. The van der Waals surface area contributed by atoms with Crippen molar-refractivity contribution >= 4 is 23.3 Å². The van der Waals surface area contributed by atoms with E-state index in [0.29, 0.717) is 30.7 Å². The highest BCUT2D eigenvalue weighted by Gasteiger charge is 2.55. The number of nitrogens with one attached hydrogen (secondary N) is 1. The molecule has 0 radical (unpaired) electrons. The van der Waals surface area contributed by atoms with Crippen molar-refractivity contribution < 1.29 is 33.6 Å². The second-order valence-corrected chi connectivity index (χ2v) is 11.4. The summed E-state index contributed by atoms with van der Waals surface area (Å²) in [5, 5.41) is 13.9. The molecule has 0 unspecified atom stereocenters. The molecule has 2 fully saturated rings. The highest BCUT2D eigenvalue weighted by atomic mass is 16.6. The zero-order valence-electron chi connectivity index (χ0n) is 25.1. The Labute approximate surface area is 248 Å². The third-order valence-electron chi connectivity index (χ3n) is 8.26. The summed E-state index contributed by atoms with van der Waals surface area (Å²) in [5.41, 5.74) is 2.01. The zero-order valence-corrected chi connectivity index (χ0v) is 25.1. The molecule has 4 rings (SSSR count). The Bertz CT molecular complexity index is 1330. The molecule has 0 spiro atoms. The second kappa shape index (κ2) is 12.7. The number of carbonyl (C=O) groups excluding carboxylic acids is 2. The van der Waals surface area contributed by atoms with Crippen molar-refractivity contribution in [3.05, 3.63) is 78.4 Å². The van der Waals surface area contributed by atoms with Gasteiger partial charge in [-0.3, -0.25) is 10.1 Å². The minimum atomic E-state index is -1.65. The topological polar surface area (TPSA) is 110 Å². The first kappa shape index (κ1) is 31.3. The number of hydrogen-bond donors (Lipinski definition) is 2. The summed E-state index contributed by atoms with van der Waals surface area (Å²) < 4.78 is 22.9. The molecule has 2 N–H and O–H groups in total. The van der Waals surface area contributed by atoms with Crippen LogP contribution in [0.25, 0.3) is 5.57 Å². The number of aliphatic hydroxyl groups is 1. The number of nitrogens with zero attached hydrogens (tertiary/aromatic N) is 1. The fourth-order valence-corrected chi connectivity index (χ4v) is 5.81. The van der Waals surface area contributed by atoms with E-state index in [-0.39, 0.29) is 24.9 Å². The number of benzene rings is 1. The summed E-state index contributed by atoms with van der Waals surface area (Å²) in [7, 11) is 4.86. The lowest BCUT2D eigenvalue weighted by Crippen LogP contribution is -2.62. The molecule has 0 saturated carbocycles. The quantitative estimate of drug-likeness (QED) is 0.374. The lowest BCUT2D eigenvalue weighted by atomic mass is 9.91. The van der Waals surface area contributed by atoms with Gasteiger partial charge in [-0.15, -0.1) is 0 Å². The van der Waals surface area contributed by atoms with Crippen molar-refractivity contribution in [2.75, 3.05) is 26.2 Å². The molecule has 5 atom stereocenters. The average molecular weight is 579 g/mol. The number of alkyl carbamates (subject to hydrolysis) is 1. The van der Waals surface area contributed by atoms with Gasteiger partial charge in [-0.2, -0.15) is 0 Å². The second-order valence-electron chi connectivity index (χ2n) is 11.4. The average Bonchev–Trinajstić information content (AvgIpc) is 3.59. The third kappa shape index (κ3) is 6.69. The molecule has 3 aliphatic rings. The summed E-state index contributed by atoms with van der Waals surface area (Å²) in [5.74, 6) is 0.540. The van der Waals surface area contributed by atoms with Gasteiger partial charge in [-0.1, -0.05) is 55.2 Å². The molecule has 42 heavy (non-hydrogen) atoms. The van der Waals surface area contributed by atoms with Crippen LogP contribution in [0.1, 0.15) is 50.7 Å². The van der Waals surface area contributed by atoms with Crippen LogP contribution in [0, 0.1) is 0 Å². The normalized spacial score (nSPS) is 32.4. The smallest absolute Gasteiger partial charge is 0.409 e. The maximum absolute atomic E-state index is 13.6. The van der Waals surface area contributed by atoms with Crippen LogP contribution < -0.4 is 15.0 Å². The van der Waals surface area contributed by atoms with Gasteiger partial charge >= 0.3 is 6.09 Å². The summed E-state index contributed by atoms with van der Waals surface area (Å²) in [4.78, 5) is 27.7. The Morgan fingerprint density at radius 2 is 2.02 bits per heavy atom. The Morgan fingerprint density at radius 1 is 1.26 bits per heavy atom. The van der Waals surface area contributed by atoms with Gasteiger partial charge in [0.2, 0.25) is 5.91 Å². The van der Waals surface area contributed by atoms with Crippen molar-refractivity contribution in [2.24, 2.45) is 0 Å². The standard InChI is InChI=1S/C33H42N2O7/c1-8-11-23(9-2)30-25-17-22(18-26(30)39-6)16-21(3)12-10-13-27(40-7)33(38)20-24(41-31(37)34-33)19-28-32(4,42-28)15-14-29(36)35(25)5/h8-13,17-18,24,27-28,38H,1-2,14-16,19-20H2,3-7H3,(H,34,37)/b13-10+,21-12+,23-11+/t24-,27-,28+,32+,33+/m1/s1. The van der Waals surface area contributed by atoms with Crippen LogP contribution in [0.5, 0.6) is 5.75 Å². The number of anilines is 1. The summed E-state index contributed by atoms with van der Waals surface area (Å²) in [6.07, 6.45) is 10.2. The number of hydrogen-bond acceptors (Lipinski definition) is 7. The van der Waals surface area contributed by atoms with Crippen LogP contribution in [0.2, 0.25) is 0 Å². The van der Waals surface area contributed by atoms with E-state index in [0.717, 1.165) is 22.3 Å². The van der Waals surface area contributed by atoms with Crippen molar-refractivity contribution in [1.29, 1.82) is 0 Å². The van der Waals surface area contributed by atoms with Crippen LogP contribution in [0.4, 0.5) is 10.5 Å². The SMILES string of the molecule is C=C/C=C(\C=C)c1c(OC)cc2cc1N(C)C(=O)CC[C@]1(C)O[C@H]1C[C@@H]1C[C@@](O)(NC(=O)O1)[C@H](OC)/C=C/C=C(\C)C2. The minimum absolute atomic E-state index is 0.0772. The number of fused-ring (bicyclic) bond motifs is 5. The molecular formula is C33H42N2O7. The van der Waals surface area contributed by atoms with Crippen molar-refractivity contribution in [1.82, 2.24) is 5.32 Å². The Balaban J connectivity index is 1.77. The maximum Gasteiger partial charge on any atom is 0.409 e. The Hall–Kier alpha value is -3.66. The van der Waals surface area contributed by atoms with Crippen LogP contribution in [-0.2, 0) is 25.4 Å². The van der Waals surface area contributed by atoms with Gasteiger partial charge in [0.05, 0.1) is 24.5 Å². The molecule has 0 aliphatic carbocycles. The van der Waals surface area contributed by atoms with Gasteiger partial charge in [0.1, 0.15) is 18.0 Å². The molecule has 3 heterocycles. The molecule has 2 saturated heterocycles. The molecule has 0 aromatic heterocycles. The number of epoxide rings is 1. The number of carbonyl (C=O) groups is 2. The predicted octanol–water partition coefficient (Wildman–Crippen LogP) is 5.00. The fourth-order valence-electron chi connectivity index (χ4n) is 5.81. The van der Waals surface area contributed by atoms with E-state index < -0.39 is 29.6 Å². The molecule has 9 nitrogen and oxygen atoms in total. The van der Waals surface area contributed by atoms with Crippen LogP contribution in [0.15, 0.2) is 67.3 Å². The van der Waals surface area contributed by atoms with Crippen molar-refractivity contribution in [3.63, 3.8) is 0 Å². The van der Waals surface area contributed by atoms with Gasteiger partial charge in [-0.25, -0.2) is 4.79 Å². The van der Waals surface area contributed by atoms with Crippen molar-refractivity contribution in [2.45, 2.75) is 75.6 Å². The largest absolute Gasteiger partial charge is 0.496 e. The van der Waals surface area contributed by atoms with Crippen molar-refractivity contribution in [3.8, 4) is 5.75 Å².